The Labute approximate surface area is 196 Å². The molecule has 1 amide bonds. The van der Waals surface area contributed by atoms with Gasteiger partial charge in [-0.3, -0.25) is 30.3 Å². The molecule has 1 fully saturated rings. The van der Waals surface area contributed by atoms with Crippen LogP contribution in [-0.2, 0) is 0 Å². The van der Waals surface area contributed by atoms with Crippen LogP contribution in [0.4, 0.5) is 22.2 Å². The first-order chi connectivity index (χ1) is 15.8. The number of hydrogen-bond donors (Lipinski definition) is 2. The first kappa shape index (κ1) is 22.5. The van der Waals surface area contributed by atoms with Crippen LogP contribution in [0, 0.1) is 20.2 Å². The average Bonchev–Trinajstić information content (AvgIpc) is 3.20. The number of nitro groups is 2. The molecule has 2 aromatic carbocycles. The molecule has 2 N–H and O–H groups in total. The summed E-state index contributed by atoms with van der Waals surface area (Å²) in [6, 6.07) is 8.66. The zero-order chi connectivity index (χ0) is 23.5. The fourth-order valence-corrected chi connectivity index (χ4v) is 4.75. The normalized spacial score (nSPS) is 13.5. The summed E-state index contributed by atoms with van der Waals surface area (Å²) < 4.78 is 0.588. The molecule has 0 bridgehead atoms. The van der Waals surface area contributed by atoms with Gasteiger partial charge in [0.1, 0.15) is 5.69 Å². The van der Waals surface area contributed by atoms with E-state index in [9.17, 15) is 25.0 Å². The number of non-ortho nitro benzene ring substituents is 1. The van der Waals surface area contributed by atoms with E-state index in [1.165, 1.54) is 30.3 Å². The molecule has 170 valence electrons. The largest absolute Gasteiger partial charge is 0.366 e. The number of carbonyl (C=O) groups is 1. The van der Waals surface area contributed by atoms with E-state index in [1.807, 2.05) is 4.90 Å². The molecule has 0 unspecified atom stereocenters. The highest BCUT2D eigenvalue weighted by atomic mass is 32.1. The van der Waals surface area contributed by atoms with Crippen LogP contribution >= 0.6 is 23.6 Å². The fourth-order valence-electron chi connectivity index (χ4n) is 3.60. The Bertz CT molecular complexity index is 1270. The van der Waals surface area contributed by atoms with E-state index < -0.39 is 15.8 Å². The first-order valence-electron chi connectivity index (χ1n) is 10.0. The first-order valence-corrected chi connectivity index (χ1v) is 11.2. The second-order valence-corrected chi connectivity index (χ2v) is 8.78. The van der Waals surface area contributed by atoms with Crippen LogP contribution in [0.25, 0.3) is 10.2 Å². The van der Waals surface area contributed by atoms with Crippen molar-refractivity contribution in [2.75, 3.05) is 23.3 Å². The number of rotatable bonds is 5. The van der Waals surface area contributed by atoms with Crippen molar-refractivity contribution in [1.29, 1.82) is 0 Å². The maximum atomic E-state index is 12.6. The lowest BCUT2D eigenvalue weighted by Crippen LogP contribution is -2.34. The van der Waals surface area contributed by atoms with Gasteiger partial charge in [-0.25, -0.2) is 4.98 Å². The van der Waals surface area contributed by atoms with Crippen molar-refractivity contribution >= 4 is 67.0 Å². The summed E-state index contributed by atoms with van der Waals surface area (Å²) in [7, 11) is 0. The number of amides is 1. The van der Waals surface area contributed by atoms with E-state index in [-0.39, 0.29) is 22.1 Å². The highest BCUT2D eigenvalue weighted by molar-refractivity contribution is 7.80. The summed E-state index contributed by atoms with van der Waals surface area (Å²) in [6.07, 6.45) is 3.04. The van der Waals surface area contributed by atoms with E-state index in [0.717, 1.165) is 43.7 Å². The zero-order valence-corrected chi connectivity index (χ0v) is 18.8. The van der Waals surface area contributed by atoms with Crippen LogP contribution in [0.15, 0.2) is 36.4 Å². The number of benzene rings is 2. The molecule has 0 spiro atoms. The van der Waals surface area contributed by atoms with Gasteiger partial charge >= 0.3 is 0 Å². The Balaban J connectivity index is 1.46. The molecule has 0 atom stereocenters. The lowest BCUT2D eigenvalue weighted by Gasteiger charge is -2.28. The van der Waals surface area contributed by atoms with E-state index in [4.69, 9.17) is 12.2 Å². The number of thiocarbonyl (C=S) groups is 1. The van der Waals surface area contributed by atoms with Crippen molar-refractivity contribution in [3.05, 3.63) is 62.2 Å². The van der Waals surface area contributed by atoms with E-state index in [1.54, 1.807) is 6.07 Å². The summed E-state index contributed by atoms with van der Waals surface area (Å²) >= 11 is 6.31. The second-order valence-electron chi connectivity index (χ2n) is 7.34. The van der Waals surface area contributed by atoms with E-state index in [0.29, 0.717) is 21.0 Å². The molecule has 33 heavy (non-hydrogen) atoms. The number of piperidine rings is 1. The molecule has 0 saturated carbocycles. The third kappa shape index (κ3) is 5.04. The van der Waals surface area contributed by atoms with Crippen LogP contribution in [0.3, 0.4) is 0 Å². The van der Waals surface area contributed by atoms with Gasteiger partial charge in [0.2, 0.25) is 0 Å². The molecular weight excluding hydrogens is 468 g/mol. The van der Waals surface area contributed by atoms with Gasteiger partial charge in [0.25, 0.3) is 17.3 Å². The van der Waals surface area contributed by atoms with Crippen LogP contribution in [-0.4, -0.2) is 38.9 Å². The molecule has 0 radical (unpaired) electrons. The number of carbonyl (C=O) groups excluding carboxylic acids is 1. The number of hydrogen-bond acceptors (Lipinski definition) is 9. The van der Waals surface area contributed by atoms with Gasteiger partial charge in [-0.2, -0.15) is 0 Å². The number of thiazole rings is 1. The number of anilines is 2. The van der Waals surface area contributed by atoms with Crippen molar-refractivity contribution in [2.24, 2.45) is 0 Å². The third-order valence-corrected chi connectivity index (χ3v) is 6.30. The molecule has 11 nitrogen and oxygen atoms in total. The van der Waals surface area contributed by atoms with Crippen molar-refractivity contribution in [3.8, 4) is 0 Å². The molecule has 0 aliphatic carbocycles. The molecular formula is C20H18N6O5S2. The summed E-state index contributed by atoms with van der Waals surface area (Å²) in [5.74, 6) is -0.599. The second kappa shape index (κ2) is 9.42. The molecule has 1 aromatic heterocycles. The van der Waals surface area contributed by atoms with Gasteiger partial charge in [-0.15, -0.1) is 0 Å². The highest BCUT2D eigenvalue weighted by Crippen LogP contribution is 2.32. The van der Waals surface area contributed by atoms with E-state index >= 15 is 0 Å². The predicted octanol–water partition coefficient (Wildman–Crippen LogP) is 4.23. The summed E-state index contributed by atoms with van der Waals surface area (Å²) in [6.45, 7) is 1.48. The summed E-state index contributed by atoms with van der Waals surface area (Å²) in [4.78, 5) is 40.4. The van der Waals surface area contributed by atoms with E-state index in [2.05, 4.69) is 15.6 Å². The fraction of sp³-hybridized carbons (Fsp3) is 0.250. The SMILES string of the molecule is O=C(NC(=S)Nc1nc2ccc([N+](=O)[O-])cc2s1)c1ccc(N2CCCCC2)c([N+](=O)[O-])c1. The number of nitrogens with one attached hydrogen (secondary N) is 2. The minimum atomic E-state index is -0.599. The lowest BCUT2D eigenvalue weighted by atomic mass is 10.1. The van der Waals surface area contributed by atoms with Crippen LogP contribution < -0.4 is 15.5 Å². The maximum absolute atomic E-state index is 12.6. The van der Waals surface area contributed by atoms with Gasteiger partial charge in [0.05, 0.1) is 20.1 Å². The van der Waals surface area contributed by atoms with Gasteiger partial charge in [0, 0.05) is 36.9 Å². The molecule has 13 heteroatoms. The Morgan fingerprint density at radius 2 is 1.82 bits per heavy atom. The quantitative estimate of drug-likeness (QED) is 0.307. The van der Waals surface area contributed by atoms with Crippen molar-refractivity contribution in [2.45, 2.75) is 19.3 Å². The Morgan fingerprint density at radius 3 is 2.52 bits per heavy atom. The zero-order valence-electron chi connectivity index (χ0n) is 17.1. The smallest absolute Gasteiger partial charge is 0.293 e. The standard InChI is InChI=1S/C20H18N6O5S2/c27-18(12-4-7-15(16(10-12)26(30)31)24-8-2-1-3-9-24)22-19(32)23-20-21-14-6-5-13(25(28)29)11-17(14)33-20/h4-7,10-11H,1-3,8-9H2,(H2,21,22,23,27,32). The lowest BCUT2D eigenvalue weighted by molar-refractivity contribution is -0.384. The molecule has 4 rings (SSSR count). The van der Waals surface area contributed by atoms with Gasteiger partial charge in [-0.1, -0.05) is 11.3 Å². The minimum Gasteiger partial charge on any atom is -0.366 e. The Hall–Kier alpha value is -3.71. The molecule has 1 aliphatic rings. The predicted molar refractivity (Wildman–Crippen MR) is 129 cm³/mol. The number of aromatic nitrogens is 1. The van der Waals surface area contributed by atoms with Crippen molar-refractivity contribution in [3.63, 3.8) is 0 Å². The molecule has 3 aromatic rings. The Morgan fingerprint density at radius 1 is 1.06 bits per heavy atom. The molecule has 1 aliphatic heterocycles. The van der Waals surface area contributed by atoms with Gasteiger partial charge in [-0.05, 0) is 49.7 Å². The number of nitrogens with zero attached hydrogens (tertiary/aromatic N) is 4. The average molecular weight is 487 g/mol. The van der Waals surface area contributed by atoms with Crippen LogP contribution in [0.2, 0.25) is 0 Å². The highest BCUT2D eigenvalue weighted by Gasteiger charge is 2.23. The van der Waals surface area contributed by atoms with Gasteiger partial charge in [0.15, 0.2) is 10.2 Å². The monoisotopic (exact) mass is 486 g/mol. The minimum absolute atomic E-state index is 0.0451. The Kier molecular flexibility index (Phi) is 6.42. The molecule has 2 heterocycles. The molecule has 1 saturated heterocycles. The van der Waals surface area contributed by atoms with Crippen molar-refractivity contribution in [1.82, 2.24) is 10.3 Å². The third-order valence-electron chi connectivity index (χ3n) is 5.16. The summed E-state index contributed by atoms with van der Waals surface area (Å²) in [5, 5.41) is 28.1. The van der Waals surface area contributed by atoms with Gasteiger partial charge < -0.3 is 10.2 Å². The van der Waals surface area contributed by atoms with Crippen LogP contribution in [0.1, 0.15) is 29.6 Å². The number of fused-ring (bicyclic) bond motifs is 1. The van der Waals surface area contributed by atoms with Crippen molar-refractivity contribution < 1.29 is 14.6 Å². The van der Waals surface area contributed by atoms with Crippen LogP contribution in [0.5, 0.6) is 0 Å². The summed E-state index contributed by atoms with van der Waals surface area (Å²) in [5.41, 5.74) is 0.970. The number of nitro benzene ring substituents is 2. The maximum Gasteiger partial charge on any atom is 0.293 e. The topological polar surface area (TPSA) is 144 Å².